The molecule has 0 unspecified atom stereocenters. The molecule has 0 atom stereocenters. The van der Waals surface area contributed by atoms with E-state index in [1.165, 1.54) is 153 Å². The Bertz CT molecular complexity index is 2270. The molecule has 0 aromatic rings. The molecule has 0 N–H and O–H groups in total. The van der Waals surface area contributed by atoms with Gasteiger partial charge in [-0.3, -0.25) is 0 Å². The Morgan fingerprint density at radius 3 is 0.521 bits per heavy atom. The van der Waals surface area contributed by atoms with Crippen molar-refractivity contribution >= 4 is 0 Å². The lowest BCUT2D eigenvalue weighted by molar-refractivity contribution is 0.621. The van der Waals surface area contributed by atoms with Crippen LogP contribution >= 0.6 is 0 Å². The summed E-state index contributed by atoms with van der Waals surface area (Å²) in [5.74, 6) is 0. The van der Waals surface area contributed by atoms with Crippen LogP contribution in [0.25, 0.3) is 0 Å². The monoisotopic (exact) mass is 1280 g/mol. The van der Waals surface area contributed by atoms with E-state index in [1.807, 2.05) is 118 Å². The van der Waals surface area contributed by atoms with E-state index < -0.39 is 0 Å². The van der Waals surface area contributed by atoms with Gasteiger partial charge in [-0.05, 0) is 240 Å². The Kier molecular flexibility index (Phi) is 134. The highest BCUT2D eigenvalue weighted by Gasteiger charge is 1.90. The molecular formula is C87H137N7. The van der Waals surface area contributed by atoms with Gasteiger partial charge in [-0.2, -0.15) is 36.8 Å². The highest BCUT2D eigenvalue weighted by Crippen LogP contribution is 2.10. The molecule has 0 aliphatic heterocycles. The summed E-state index contributed by atoms with van der Waals surface area (Å²) in [5, 5.41) is 57.2. The highest BCUT2D eigenvalue weighted by molar-refractivity contribution is 5.05. The van der Waals surface area contributed by atoms with E-state index >= 15 is 0 Å². The summed E-state index contributed by atoms with van der Waals surface area (Å²) in [6.07, 6.45) is 110. The van der Waals surface area contributed by atoms with Gasteiger partial charge < -0.3 is 0 Å². The zero-order valence-corrected chi connectivity index (χ0v) is 61.7. The van der Waals surface area contributed by atoms with Gasteiger partial charge in [0, 0.05) is 42.5 Å². The van der Waals surface area contributed by atoms with Crippen LogP contribution in [0, 0.1) is 79.3 Å². The first-order chi connectivity index (χ1) is 46.3. The lowest BCUT2D eigenvalue weighted by atomic mass is 10.1. The maximum Gasteiger partial charge on any atom is 0.0908 e. The average Bonchev–Trinajstić information content (AvgIpc) is 3.59. The third-order valence-corrected chi connectivity index (χ3v) is 12.7. The second-order valence-corrected chi connectivity index (χ2v) is 21.4. The zero-order valence-electron chi connectivity index (χ0n) is 61.7. The van der Waals surface area contributed by atoms with Crippen molar-refractivity contribution in [3.63, 3.8) is 0 Å². The molecule has 0 bridgehead atoms. The number of rotatable bonds is 47. The molecule has 0 spiro atoms. The van der Waals surface area contributed by atoms with Crippen molar-refractivity contribution in [1.29, 1.82) is 36.8 Å². The van der Waals surface area contributed by atoms with Crippen molar-refractivity contribution in [3.05, 3.63) is 194 Å². The number of nitriles is 7. The van der Waals surface area contributed by atoms with Crippen LogP contribution in [0.2, 0.25) is 0 Å². The van der Waals surface area contributed by atoms with Gasteiger partial charge in [-0.15, -0.1) is 0 Å². The third-order valence-electron chi connectivity index (χ3n) is 12.7. The summed E-state index contributed by atoms with van der Waals surface area (Å²) in [4.78, 5) is 0. The Morgan fingerprint density at radius 1 is 0.160 bits per heavy atom. The molecule has 0 aromatic carbocycles. The topological polar surface area (TPSA) is 167 Å². The average molecular weight is 1280 g/mol. The molecule has 0 aliphatic carbocycles. The van der Waals surface area contributed by atoms with Gasteiger partial charge in [0.25, 0.3) is 0 Å². The fraction of sp³-hybridized carbons (Fsp3) is 0.552. The van der Waals surface area contributed by atoms with Crippen LogP contribution in [0.5, 0.6) is 0 Å². The summed E-state index contributed by atoms with van der Waals surface area (Å²) in [6, 6.07) is 13.8. The molecule has 0 saturated heterocycles. The number of nitrogens with zero attached hydrogens (tertiary/aromatic N) is 7. The summed E-state index contributed by atoms with van der Waals surface area (Å²) >= 11 is 0. The Balaban J connectivity index is -0.000000150. The van der Waals surface area contributed by atoms with Gasteiger partial charge in [-0.1, -0.05) is 225 Å². The van der Waals surface area contributed by atoms with Crippen LogP contribution in [0.1, 0.15) is 313 Å². The smallest absolute Gasteiger partial charge is 0.0908 e. The first-order valence-corrected chi connectivity index (χ1v) is 36.3. The SMILES string of the molecule is C/C=C/CCCCCCC/C=C\CC.C/C=C\CC/C=C/C#N.C/C=C\CCC/C=C/C#N.C/C=C\CCCC/C=C/C#N.CC/C=C\CCC/C=C/C#N.CC/C=C\CCCC/C=C/C#N.CC/C=C\CCCCC/C=C/C#N.CC/C=C\CCCCCC/C=C/C#N. The zero-order chi connectivity index (χ0) is 71.2. The van der Waals surface area contributed by atoms with Crippen molar-refractivity contribution in [2.75, 3.05) is 0 Å². The Hall–Kier alpha value is -7.73. The predicted molar refractivity (Wildman–Crippen MR) is 417 cm³/mol. The minimum absolute atomic E-state index is 0.970. The van der Waals surface area contributed by atoms with Crippen LogP contribution in [0.4, 0.5) is 0 Å². The number of hydrogen-bond acceptors (Lipinski definition) is 7. The van der Waals surface area contributed by atoms with Gasteiger partial charge >= 0.3 is 0 Å². The molecule has 0 rings (SSSR count). The number of unbranched alkanes of at least 4 members (excludes halogenated alkanes) is 26. The van der Waals surface area contributed by atoms with Gasteiger partial charge in [0.05, 0.1) is 42.5 Å². The van der Waals surface area contributed by atoms with Crippen LogP contribution < -0.4 is 0 Å². The van der Waals surface area contributed by atoms with Crippen LogP contribution in [-0.2, 0) is 0 Å². The molecule has 0 amide bonds. The molecule has 0 radical (unpaired) electrons. The minimum Gasteiger partial charge on any atom is -0.193 e. The van der Waals surface area contributed by atoms with E-state index in [4.69, 9.17) is 36.8 Å². The molecule has 7 nitrogen and oxygen atoms in total. The van der Waals surface area contributed by atoms with Crippen LogP contribution in [0.3, 0.4) is 0 Å². The van der Waals surface area contributed by atoms with E-state index in [1.54, 1.807) is 30.4 Å². The van der Waals surface area contributed by atoms with Gasteiger partial charge in [0.1, 0.15) is 0 Å². The lowest BCUT2D eigenvalue weighted by Gasteiger charge is -1.97. The van der Waals surface area contributed by atoms with E-state index in [2.05, 4.69) is 139 Å². The van der Waals surface area contributed by atoms with Crippen molar-refractivity contribution in [2.24, 2.45) is 0 Å². The summed E-state index contributed by atoms with van der Waals surface area (Å²) in [5.41, 5.74) is 0. The number of hydrogen-bond donors (Lipinski definition) is 0. The van der Waals surface area contributed by atoms with E-state index in [-0.39, 0.29) is 0 Å². The second-order valence-electron chi connectivity index (χ2n) is 21.4. The number of allylic oxidation sites excluding steroid dienone is 32. The predicted octanol–water partition coefficient (Wildman–Crippen LogP) is 28.8. The molecule has 0 fully saturated rings. The highest BCUT2D eigenvalue weighted by atomic mass is 14.2. The third kappa shape index (κ3) is 151. The largest absolute Gasteiger partial charge is 0.193 e. The van der Waals surface area contributed by atoms with Crippen molar-refractivity contribution in [3.8, 4) is 42.5 Å². The first-order valence-electron chi connectivity index (χ1n) is 36.3. The summed E-state index contributed by atoms with van der Waals surface area (Å²) < 4.78 is 0. The molecule has 0 aromatic heterocycles. The standard InChI is InChI=1S/C14H26.C13H21N.C12H19N.C11H17N.2C10H15N.C9H13N.C8H11N/c1-3-5-7-9-11-13-14-12-10-8-6-4-2;1-2-3-4-5-6-7-8-9-10-11-12-13-14;1-2-3-4-5-6-7-8-9-10-11-12-13;1-2-3-4-5-6-7-8-9-10-11-12;2*1-2-3-4-5-6-7-8-9-10-11;1-2-3-4-5-6-7-8-9-10;1-2-3-4-5-6-7-8-9/h3,5-6,8H,4,7,9-14H2,1-2H3;3-4,11-12H,2,5-10H2,1H3;3-4,10-11H,2,5-9H2,1H3;3-4,9-10H,2,5-8H2,1H3;3-4,8-9H,2,5-7H2,1H3;2-3,8-9H,4-7H2,1H3;2-3,7-8H,4-6H2,1H3;2-3,6-7H,4-5H2,1H3/b5-3+,8-6-;4-3-,12-11+;4-3-,11-10+;4-3-,10-9+;4-3-,9-8+;3-2-,9-8+;3-2-,8-7+;3-2-,7-6+. The minimum atomic E-state index is 0.970. The molecular weight excluding hydrogens is 1140 g/mol. The molecule has 520 valence electrons. The van der Waals surface area contributed by atoms with E-state index in [9.17, 15) is 0 Å². The maximum absolute atomic E-state index is 8.25. The first kappa shape index (κ1) is 102. The molecule has 0 heterocycles. The van der Waals surface area contributed by atoms with Crippen molar-refractivity contribution in [2.45, 2.75) is 313 Å². The van der Waals surface area contributed by atoms with Crippen LogP contribution in [-0.4, -0.2) is 0 Å². The fourth-order valence-electron chi connectivity index (χ4n) is 7.62. The molecule has 0 saturated carbocycles. The van der Waals surface area contributed by atoms with E-state index in [0.717, 1.165) is 109 Å². The van der Waals surface area contributed by atoms with E-state index in [0.29, 0.717) is 0 Å². The van der Waals surface area contributed by atoms with Crippen molar-refractivity contribution < 1.29 is 0 Å². The maximum atomic E-state index is 8.25. The Morgan fingerprint density at radius 2 is 0.298 bits per heavy atom. The lowest BCUT2D eigenvalue weighted by Crippen LogP contribution is -1.78. The fourth-order valence-corrected chi connectivity index (χ4v) is 7.62. The quantitative estimate of drug-likeness (QED) is 0.0332. The van der Waals surface area contributed by atoms with Gasteiger partial charge in [0.2, 0.25) is 0 Å². The van der Waals surface area contributed by atoms with Crippen LogP contribution in [0.15, 0.2) is 194 Å². The molecule has 0 aliphatic rings. The molecule has 7 heteroatoms. The normalized spacial score (nSPS) is 11.1. The van der Waals surface area contributed by atoms with Gasteiger partial charge in [0.15, 0.2) is 0 Å². The van der Waals surface area contributed by atoms with Gasteiger partial charge in [-0.25, -0.2) is 0 Å². The van der Waals surface area contributed by atoms with Crippen molar-refractivity contribution in [1.82, 2.24) is 0 Å². The summed E-state index contributed by atoms with van der Waals surface area (Å²) in [7, 11) is 0. The second kappa shape index (κ2) is 123. The summed E-state index contributed by atoms with van der Waals surface area (Å²) in [6.45, 7) is 18.9. The Labute approximate surface area is 583 Å². The molecule has 94 heavy (non-hydrogen) atoms.